The highest BCUT2D eigenvalue weighted by Gasteiger charge is 2.32. The summed E-state index contributed by atoms with van der Waals surface area (Å²) in [6, 6.07) is 7.36. The quantitative estimate of drug-likeness (QED) is 0.577. The van der Waals surface area contributed by atoms with Crippen LogP contribution in [0.4, 0.5) is 30.8 Å². The fourth-order valence-electron chi connectivity index (χ4n) is 2.62. The van der Waals surface area contributed by atoms with Crippen LogP contribution >= 0.6 is 0 Å². The maximum atomic E-state index is 13.0. The first-order valence-corrected chi connectivity index (χ1v) is 9.39. The van der Waals surface area contributed by atoms with Gasteiger partial charge in [0.15, 0.2) is 5.82 Å². The maximum absolute atomic E-state index is 13.0. The number of alkyl halides is 3. The van der Waals surface area contributed by atoms with E-state index < -0.39 is 11.9 Å². The van der Waals surface area contributed by atoms with Crippen molar-refractivity contribution < 1.29 is 18.0 Å². The lowest BCUT2D eigenvalue weighted by molar-refractivity contribution is -0.141. The molecule has 0 aliphatic heterocycles. The minimum atomic E-state index is -4.58. The van der Waals surface area contributed by atoms with E-state index in [2.05, 4.69) is 35.6 Å². The summed E-state index contributed by atoms with van der Waals surface area (Å²) in [6.45, 7) is 5.25. The van der Waals surface area contributed by atoms with Gasteiger partial charge >= 0.3 is 6.18 Å². The summed E-state index contributed by atoms with van der Waals surface area (Å²) >= 11 is 0. The van der Waals surface area contributed by atoms with Gasteiger partial charge in [0.25, 0.3) is 0 Å². The first-order valence-electron chi connectivity index (χ1n) is 9.39. The second kappa shape index (κ2) is 9.02. The molecule has 0 bridgehead atoms. The molecule has 8 nitrogen and oxygen atoms in total. The molecule has 0 fully saturated rings. The third-order valence-electron chi connectivity index (χ3n) is 3.83. The Kier molecular flexibility index (Phi) is 6.42. The number of carbonyl (C=O) groups excluding carboxylic acids is 1. The van der Waals surface area contributed by atoms with E-state index in [0.717, 1.165) is 12.3 Å². The van der Waals surface area contributed by atoms with Crippen molar-refractivity contribution in [2.24, 2.45) is 0 Å². The molecule has 3 aromatic rings. The topological polar surface area (TPSA) is 106 Å². The molecular weight excluding hydrogens is 411 g/mol. The lowest BCUT2D eigenvalue weighted by atomic mass is 10.2. The van der Waals surface area contributed by atoms with E-state index in [1.54, 1.807) is 18.2 Å². The molecule has 3 heterocycles. The first-order chi connectivity index (χ1) is 14.6. The van der Waals surface area contributed by atoms with Crippen LogP contribution in [-0.4, -0.2) is 36.7 Å². The summed E-state index contributed by atoms with van der Waals surface area (Å²) < 4.78 is 38.9. The summed E-state index contributed by atoms with van der Waals surface area (Å²) in [5.41, 5.74) is 0.0446. The zero-order valence-corrected chi connectivity index (χ0v) is 17.0. The third kappa shape index (κ3) is 6.17. The molecular formula is C20H20F3N7O. The van der Waals surface area contributed by atoms with E-state index >= 15 is 0 Å². The van der Waals surface area contributed by atoms with Crippen molar-refractivity contribution in [3.63, 3.8) is 0 Å². The Bertz CT molecular complexity index is 1090. The van der Waals surface area contributed by atoms with E-state index in [0.29, 0.717) is 11.4 Å². The van der Waals surface area contributed by atoms with Crippen LogP contribution in [0, 0.1) is 0 Å². The highest BCUT2D eigenvalue weighted by atomic mass is 19.4. The molecule has 0 atom stereocenters. The van der Waals surface area contributed by atoms with Crippen LogP contribution in [0.15, 0.2) is 36.5 Å². The van der Waals surface area contributed by atoms with Gasteiger partial charge in [-0.15, -0.1) is 0 Å². The number of hydrogen-bond donors (Lipinski definition) is 2. The summed E-state index contributed by atoms with van der Waals surface area (Å²) in [5.74, 6) is 0.428. The zero-order valence-electron chi connectivity index (χ0n) is 17.0. The minimum absolute atomic E-state index is 0.00198. The first kappa shape index (κ1) is 22.1. The van der Waals surface area contributed by atoms with Gasteiger partial charge in [-0.25, -0.2) is 4.98 Å². The number of carbonyl (C=O) groups is 1. The predicted molar refractivity (Wildman–Crippen MR) is 109 cm³/mol. The molecule has 3 aromatic heterocycles. The van der Waals surface area contributed by atoms with Crippen LogP contribution in [0.2, 0.25) is 0 Å². The Labute approximate surface area is 176 Å². The van der Waals surface area contributed by atoms with Gasteiger partial charge in [-0.05, 0) is 45.0 Å². The molecule has 0 saturated carbocycles. The fraction of sp³-hybridized carbons (Fsp3) is 0.300. The van der Waals surface area contributed by atoms with Crippen molar-refractivity contribution in [3.8, 4) is 11.5 Å². The molecule has 31 heavy (non-hydrogen) atoms. The lowest BCUT2D eigenvalue weighted by Crippen LogP contribution is -2.15. The van der Waals surface area contributed by atoms with Crippen LogP contribution in [0.5, 0.6) is 0 Å². The summed E-state index contributed by atoms with van der Waals surface area (Å²) in [6.07, 6.45) is -3.36. The van der Waals surface area contributed by atoms with Crippen molar-refractivity contribution in [1.29, 1.82) is 0 Å². The molecule has 0 amide bonds. The van der Waals surface area contributed by atoms with Crippen LogP contribution in [0.25, 0.3) is 11.5 Å². The Morgan fingerprint density at radius 2 is 1.81 bits per heavy atom. The van der Waals surface area contributed by atoms with Crippen molar-refractivity contribution in [2.75, 3.05) is 10.6 Å². The molecule has 0 radical (unpaired) electrons. The smallest absolute Gasteiger partial charge is 0.352 e. The van der Waals surface area contributed by atoms with E-state index in [4.69, 9.17) is 0 Å². The number of ketones is 1. The van der Waals surface area contributed by atoms with E-state index in [1.165, 1.54) is 13.0 Å². The summed E-state index contributed by atoms with van der Waals surface area (Å²) in [5, 5.41) is 5.81. The highest BCUT2D eigenvalue weighted by molar-refractivity contribution is 5.77. The number of halogens is 3. The summed E-state index contributed by atoms with van der Waals surface area (Å²) in [7, 11) is 0. The molecule has 0 unspecified atom stereocenters. The van der Waals surface area contributed by atoms with E-state index in [1.807, 2.05) is 13.8 Å². The largest absolute Gasteiger partial charge is 0.433 e. The fourth-order valence-corrected chi connectivity index (χ4v) is 2.62. The van der Waals surface area contributed by atoms with Gasteiger partial charge in [-0.3, -0.25) is 9.78 Å². The number of nitrogens with zero attached hydrogens (tertiary/aromatic N) is 5. The average molecular weight is 431 g/mol. The molecule has 3 rings (SSSR count). The monoisotopic (exact) mass is 431 g/mol. The van der Waals surface area contributed by atoms with Gasteiger partial charge in [0.2, 0.25) is 11.9 Å². The van der Waals surface area contributed by atoms with Crippen LogP contribution in [0.1, 0.15) is 32.2 Å². The van der Waals surface area contributed by atoms with Gasteiger partial charge in [-0.2, -0.15) is 28.1 Å². The normalized spacial score (nSPS) is 11.5. The molecule has 0 aliphatic carbocycles. The standard InChI is InChI=1S/C20H20F3N7O/c1-11(2)25-18-28-17(15-6-4-5-13(26-15)9-12(3)31)29-19(30-18)27-14-7-8-24-16(10-14)20(21,22)23/h4-8,10-11H,9H2,1-3H3,(H2,24,25,27,28,29,30). The minimum Gasteiger partial charge on any atom is -0.352 e. The Hall–Kier alpha value is -3.63. The zero-order chi connectivity index (χ0) is 22.6. The molecule has 0 aliphatic rings. The van der Waals surface area contributed by atoms with Gasteiger partial charge < -0.3 is 10.6 Å². The molecule has 0 saturated heterocycles. The lowest BCUT2D eigenvalue weighted by Gasteiger charge is -2.13. The summed E-state index contributed by atoms with van der Waals surface area (Å²) in [4.78, 5) is 32.0. The second-order valence-corrected chi connectivity index (χ2v) is 7.05. The average Bonchev–Trinajstić information content (AvgIpc) is 2.66. The number of pyridine rings is 2. The van der Waals surface area contributed by atoms with Gasteiger partial charge in [-0.1, -0.05) is 6.07 Å². The van der Waals surface area contributed by atoms with E-state index in [9.17, 15) is 18.0 Å². The van der Waals surface area contributed by atoms with Crippen molar-refractivity contribution in [1.82, 2.24) is 24.9 Å². The van der Waals surface area contributed by atoms with E-state index in [-0.39, 0.29) is 41.7 Å². The number of anilines is 3. The number of Topliss-reactive ketones (excluding diaryl/α,β-unsaturated/α-hetero) is 1. The third-order valence-corrected chi connectivity index (χ3v) is 3.83. The molecule has 0 spiro atoms. The van der Waals surface area contributed by atoms with Crippen LogP contribution in [-0.2, 0) is 17.4 Å². The van der Waals surface area contributed by atoms with Crippen LogP contribution < -0.4 is 10.6 Å². The highest BCUT2D eigenvalue weighted by Crippen LogP contribution is 2.29. The SMILES string of the molecule is CC(=O)Cc1cccc(-c2nc(Nc3ccnc(C(F)(F)F)c3)nc(NC(C)C)n2)n1. The molecule has 0 aromatic carbocycles. The molecule has 2 N–H and O–H groups in total. The predicted octanol–water partition coefficient (Wildman–Crippen LogP) is 4.04. The van der Waals surface area contributed by atoms with Crippen molar-refractivity contribution in [2.45, 2.75) is 39.4 Å². The van der Waals surface area contributed by atoms with Crippen molar-refractivity contribution >= 4 is 23.4 Å². The van der Waals surface area contributed by atoms with Crippen molar-refractivity contribution in [3.05, 3.63) is 47.9 Å². The maximum Gasteiger partial charge on any atom is 0.433 e. The van der Waals surface area contributed by atoms with Gasteiger partial charge in [0.05, 0.1) is 0 Å². The Morgan fingerprint density at radius 1 is 1.06 bits per heavy atom. The molecule has 162 valence electrons. The Morgan fingerprint density at radius 3 is 2.48 bits per heavy atom. The van der Waals surface area contributed by atoms with Gasteiger partial charge in [0, 0.05) is 30.0 Å². The molecule has 11 heteroatoms. The Balaban J connectivity index is 1.99. The number of rotatable bonds is 7. The van der Waals surface area contributed by atoms with Crippen LogP contribution in [0.3, 0.4) is 0 Å². The number of aromatic nitrogens is 5. The number of nitrogens with one attached hydrogen (secondary N) is 2. The van der Waals surface area contributed by atoms with Gasteiger partial charge in [0.1, 0.15) is 17.2 Å². The second-order valence-electron chi connectivity index (χ2n) is 7.05. The number of hydrogen-bond acceptors (Lipinski definition) is 8.